The van der Waals surface area contributed by atoms with Gasteiger partial charge < -0.3 is 9.84 Å². The molecule has 0 amide bonds. The van der Waals surface area contributed by atoms with E-state index in [1.54, 1.807) is 29.7 Å². The summed E-state index contributed by atoms with van der Waals surface area (Å²) in [4.78, 5) is 15.6. The lowest BCUT2D eigenvalue weighted by atomic mass is 10.3. The van der Waals surface area contributed by atoms with Crippen LogP contribution in [0.15, 0.2) is 40.3 Å². The first-order valence-electron chi connectivity index (χ1n) is 5.37. The van der Waals surface area contributed by atoms with Crippen molar-refractivity contribution >= 4 is 39.3 Å². The average molecular weight is 340 g/mol. The topological polar surface area (TPSA) is 59.4 Å². The van der Waals surface area contributed by atoms with E-state index in [-0.39, 0.29) is 0 Å². The Hall–Kier alpha value is -1.66. The summed E-state index contributed by atoms with van der Waals surface area (Å²) in [6, 6.07) is 7.43. The molecule has 0 fully saturated rings. The maximum atomic E-state index is 10.4. The first kappa shape index (κ1) is 13.8. The van der Waals surface area contributed by atoms with Crippen molar-refractivity contribution in [2.45, 2.75) is 6.61 Å². The van der Waals surface area contributed by atoms with Crippen LogP contribution in [0.5, 0.6) is 5.75 Å². The third-order valence-electron chi connectivity index (χ3n) is 2.17. The normalized spacial score (nSPS) is 10.8. The average Bonchev–Trinajstić information content (AvgIpc) is 2.81. The zero-order chi connectivity index (χ0) is 13.7. The van der Waals surface area contributed by atoms with Gasteiger partial charge in [0.15, 0.2) is 0 Å². The molecule has 2 rings (SSSR count). The van der Waals surface area contributed by atoms with Gasteiger partial charge >= 0.3 is 5.97 Å². The molecule has 6 heteroatoms. The minimum absolute atomic E-state index is 0.488. The quantitative estimate of drug-likeness (QED) is 0.845. The molecular formula is C13H10BrNO3S. The number of carboxylic acids is 1. The van der Waals surface area contributed by atoms with E-state index in [1.807, 2.05) is 12.1 Å². The molecule has 2 aromatic rings. The standard InChI is InChI=1S/C13H10BrNO3S/c14-12-5-4-11(19-12)8-18-10-3-1-9(15-7-10)2-6-13(16)17/h1-7H,8H2,(H,16,17). The molecule has 1 N–H and O–H groups in total. The molecule has 0 saturated heterocycles. The van der Waals surface area contributed by atoms with E-state index in [1.165, 1.54) is 6.08 Å². The fraction of sp³-hybridized carbons (Fsp3) is 0.0769. The number of carboxylic acid groups (broad SMARTS) is 1. The van der Waals surface area contributed by atoms with Crippen LogP contribution in [-0.4, -0.2) is 16.1 Å². The van der Waals surface area contributed by atoms with Crippen LogP contribution in [0.25, 0.3) is 6.08 Å². The van der Waals surface area contributed by atoms with Crippen molar-refractivity contribution in [3.63, 3.8) is 0 Å². The van der Waals surface area contributed by atoms with E-state index in [0.29, 0.717) is 18.1 Å². The van der Waals surface area contributed by atoms with Crippen LogP contribution >= 0.6 is 27.3 Å². The number of rotatable bonds is 5. The Morgan fingerprint density at radius 2 is 2.26 bits per heavy atom. The van der Waals surface area contributed by atoms with Gasteiger partial charge in [-0.25, -0.2) is 4.79 Å². The predicted molar refractivity (Wildman–Crippen MR) is 77.3 cm³/mol. The minimum Gasteiger partial charge on any atom is -0.486 e. The summed E-state index contributed by atoms with van der Waals surface area (Å²) < 4.78 is 6.64. The molecule has 4 nitrogen and oxygen atoms in total. The number of thiophene rings is 1. The number of carbonyl (C=O) groups is 1. The Labute approximate surface area is 122 Å². The summed E-state index contributed by atoms with van der Waals surface area (Å²) in [5.41, 5.74) is 0.577. The van der Waals surface area contributed by atoms with E-state index in [0.717, 1.165) is 14.7 Å². The van der Waals surface area contributed by atoms with Crippen molar-refractivity contribution in [3.8, 4) is 5.75 Å². The molecule has 0 unspecified atom stereocenters. The Morgan fingerprint density at radius 1 is 1.42 bits per heavy atom. The molecule has 0 bridgehead atoms. The van der Waals surface area contributed by atoms with Gasteiger partial charge in [-0.2, -0.15) is 0 Å². The Morgan fingerprint density at radius 3 is 2.84 bits per heavy atom. The van der Waals surface area contributed by atoms with Crippen molar-refractivity contribution in [2.24, 2.45) is 0 Å². The van der Waals surface area contributed by atoms with Gasteiger partial charge in [0.25, 0.3) is 0 Å². The molecule has 0 aromatic carbocycles. The number of aromatic nitrogens is 1. The van der Waals surface area contributed by atoms with Crippen LogP contribution in [0.4, 0.5) is 0 Å². The molecule has 2 aromatic heterocycles. The number of halogens is 1. The molecule has 2 heterocycles. The van der Waals surface area contributed by atoms with Gasteiger partial charge in [0, 0.05) is 11.0 Å². The molecule has 0 aliphatic heterocycles. The Kier molecular flexibility index (Phi) is 4.70. The Balaban J connectivity index is 1.93. The summed E-state index contributed by atoms with van der Waals surface area (Å²) in [5, 5.41) is 8.50. The molecule has 98 valence electrons. The summed E-state index contributed by atoms with van der Waals surface area (Å²) in [5.74, 6) is -0.345. The number of hydrogen-bond acceptors (Lipinski definition) is 4. The van der Waals surface area contributed by atoms with Crippen LogP contribution < -0.4 is 4.74 Å². The monoisotopic (exact) mass is 339 g/mol. The van der Waals surface area contributed by atoms with Gasteiger partial charge in [-0.1, -0.05) is 0 Å². The van der Waals surface area contributed by atoms with Gasteiger partial charge in [-0.15, -0.1) is 11.3 Å². The first-order chi connectivity index (χ1) is 9.13. The summed E-state index contributed by atoms with van der Waals surface area (Å²) in [6.45, 7) is 0.488. The van der Waals surface area contributed by atoms with Crippen molar-refractivity contribution < 1.29 is 14.6 Å². The van der Waals surface area contributed by atoms with Crippen LogP contribution in [0.2, 0.25) is 0 Å². The first-order valence-corrected chi connectivity index (χ1v) is 6.98. The molecule has 0 spiro atoms. The van der Waals surface area contributed by atoms with E-state index in [9.17, 15) is 4.79 Å². The van der Waals surface area contributed by atoms with E-state index < -0.39 is 5.97 Å². The summed E-state index contributed by atoms with van der Waals surface area (Å²) in [6.07, 6.45) is 4.05. The fourth-order valence-electron chi connectivity index (χ4n) is 1.32. The number of hydrogen-bond donors (Lipinski definition) is 1. The van der Waals surface area contributed by atoms with E-state index >= 15 is 0 Å². The predicted octanol–water partition coefficient (Wildman–Crippen LogP) is 3.58. The molecule has 0 atom stereocenters. The maximum absolute atomic E-state index is 10.4. The molecule has 0 aliphatic rings. The fourth-order valence-corrected chi connectivity index (χ4v) is 2.71. The lowest BCUT2D eigenvalue weighted by Crippen LogP contribution is -1.94. The summed E-state index contributed by atoms with van der Waals surface area (Å²) >= 11 is 5.01. The van der Waals surface area contributed by atoms with Crippen LogP contribution in [-0.2, 0) is 11.4 Å². The zero-order valence-electron chi connectivity index (χ0n) is 9.75. The van der Waals surface area contributed by atoms with Crippen LogP contribution in [0.3, 0.4) is 0 Å². The van der Waals surface area contributed by atoms with Gasteiger partial charge in [0.2, 0.25) is 0 Å². The highest BCUT2D eigenvalue weighted by Gasteiger charge is 2.00. The number of ether oxygens (including phenoxy) is 1. The SMILES string of the molecule is O=C(O)C=Cc1ccc(OCc2ccc(Br)s2)cn1. The third-order valence-corrected chi connectivity index (χ3v) is 3.76. The maximum Gasteiger partial charge on any atom is 0.328 e. The largest absolute Gasteiger partial charge is 0.486 e. The second kappa shape index (κ2) is 6.49. The van der Waals surface area contributed by atoms with E-state index in [2.05, 4.69) is 20.9 Å². The minimum atomic E-state index is -0.995. The highest BCUT2D eigenvalue weighted by Crippen LogP contribution is 2.23. The lowest BCUT2D eigenvalue weighted by Gasteiger charge is -2.03. The third kappa shape index (κ3) is 4.50. The van der Waals surface area contributed by atoms with Crippen LogP contribution in [0, 0.1) is 0 Å². The molecule has 19 heavy (non-hydrogen) atoms. The van der Waals surface area contributed by atoms with Crippen molar-refractivity contribution in [3.05, 3.63) is 50.9 Å². The second-order valence-electron chi connectivity index (χ2n) is 3.58. The molecule has 0 aliphatic carbocycles. The van der Waals surface area contributed by atoms with Crippen molar-refractivity contribution in [2.75, 3.05) is 0 Å². The highest BCUT2D eigenvalue weighted by molar-refractivity contribution is 9.11. The Bertz CT molecular complexity index is 592. The van der Waals surface area contributed by atoms with Crippen LogP contribution in [0.1, 0.15) is 10.6 Å². The second-order valence-corrected chi connectivity index (χ2v) is 6.13. The zero-order valence-corrected chi connectivity index (χ0v) is 12.1. The van der Waals surface area contributed by atoms with Gasteiger partial charge in [-0.05, 0) is 46.3 Å². The smallest absolute Gasteiger partial charge is 0.328 e. The summed E-state index contributed by atoms with van der Waals surface area (Å²) in [7, 11) is 0. The number of aliphatic carboxylic acids is 1. The number of nitrogens with zero attached hydrogens (tertiary/aromatic N) is 1. The van der Waals surface area contributed by atoms with Gasteiger partial charge in [0.1, 0.15) is 12.4 Å². The lowest BCUT2D eigenvalue weighted by molar-refractivity contribution is -0.131. The number of pyridine rings is 1. The van der Waals surface area contributed by atoms with Crippen molar-refractivity contribution in [1.29, 1.82) is 0 Å². The molecular weight excluding hydrogens is 330 g/mol. The molecule has 0 saturated carbocycles. The van der Waals surface area contributed by atoms with Gasteiger partial charge in [0.05, 0.1) is 15.7 Å². The van der Waals surface area contributed by atoms with E-state index in [4.69, 9.17) is 9.84 Å². The van der Waals surface area contributed by atoms with Crippen molar-refractivity contribution in [1.82, 2.24) is 4.98 Å². The van der Waals surface area contributed by atoms with Gasteiger partial charge in [-0.3, -0.25) is 4.98 Å². The highest BCUT2D eigenvalue weighted by atomic mass is 79.9. The molecule has 0 radical (unpaired) electrons.